The number of hydrogen-bond donors (Lipinski definition) is 0. The lowest BCUT2D eigenvalue weighted by molar-refractivity contribution is 0.156. The Morgan fingerprint density at radius 1 is 1.53 bits per heavy atom. The highest BCUT2D eigenvalue weighted by Crippen LogP contribution is 2.12. The molecule has 0 saturated carbocycles. The predicted octanol–water partition coefficient (Wildman–Crippen LogP) is 2.39. The number of amides is 1. The van der Waals surface area contributed by atoms with Crippen LogP contribution in [0.15, 0.2) is 47.8 Å². The molecule has 0 saturated heterocycles. The molecule has 1 amide bonds. The van der Waals surface area contributed by atoms with E-state index in [1.165, 1.54) is 0 Å². The molecule has 0 N–H and O–H groups in total. The van der Waals surface area contributed by atoms with Gasteiger partial charge in [-0.25, -0.2) is 4.79 Å². The molecule has 0 aromatic carbocycles. The van der Waals surface area contributed by atoms with Crippen molar-refractivity contribution in [1.29, 1.82) is 0 Å². The van der Waals surface area contributed by atoms with E-state index in [9.17, 15) is 4.79 Å². The molecule has 1 aromatic rings. The summed E-state index contributed by atoms with van der Waals surface area (Å²) in [4.78, 5) is 15.1. The van der Waals surface area contributed by atoms with E-state index < -0.39 is 6.09 Å². The Hall–Kier alpha value is -2.17. The minimum absolute atomic E-state index is 0.134. The molecule has 0 unspecified atom stereocenters. The zero-order valence-electron chi connectivity index (χ0n) is 10.9. The first kappa shape index (κ1) is 13.3. The second kappa shape index (κ2) is 6.68. The van der Waals surface area contributed by atoms with Crippen LogP contribution in [0.25, 0.3) is 0 Å². The molecule has 2 rings (SSSR count). The molecular formula is C14H17N3O2. The van der Waals surface area contributed by atoms with Gasteiger partial charge in [-0.15, -0.1) is 0 Å². The highest BCUT2D eigenvalue weighted by atomic mass is 16.5. The number of ether oxygens (including phenoxy) is 1. The topological polar surface area (TPSA) is 56.5 Å². The van der Waals surface area contributed by atoms with E-state index in [1.54, 1.807) is 18.5 Å². The van der Waals surface area contributed by atoms with Crippen LogP contribution in [-0.2, 0) is 4.74 Å². The summed E-state index contributed by atoms with van der Waals surface area (Å²) >= 11 is 0. The molecule has 1 heterocycles. The molecule has 0 bridgehead atoms. The van der Waals surface area contributed by atoms with Gasteiger partial charge in [-0.3, -0.25) is 4.68 Å². The lowest BCUT2D eigenvalue weighted by Gasteiger charge is -2.13. The third-order valence-corrected chi connectivity index (χ3v) is 2.62. The monoisotopic (exact) mass is 259 g/mol. The lowest BCUT2D eigenvalue weighted by Crippen LogP contribution is -2.15. The summed E-state index contributed by atoms with van der Waals surface area (Å²) in [5.74, 6) is 0. The molecule has 0 fully saturated rings. The van der Waals surface area contributed by atoms with Gasteiger partial charge in [-0.2, -0.15) is 10.1 Å². The summed E-state index contributed by atoms with van der Waals surface area (Å²) in [5, 5.41) is 4.75. The third kappa shape index (κ3) is 3.91. The maximum Gasteiger partial charge on any atom is 0.434 e. The minimum atomic E-state index is -0.571. The van der Waals surface area contributed by atoms with Gasteiger partial charge in [0, 0.05) is 6.20 Å². The van der Waals surface area contributed by atoms with Gasteiger partial charge in [0.05, 0.1) is 24.2 Å². The largest absolute Gasteiger partial charge is 0.448 e. The highest BCUT2D eigenvalue weighted by molar-refractivity contribution is 5.68. The van der Waals surface area contributed by atoms with Crippen molar-refractivity contribution in [2.75, 3.05) is 6.61 Å². The molecule has 1 aromatic heterocycles. The molecule has 19 heavy (non-hydrogen) atoms. The quantitative estimate of drug-likeness (QED) is 0.783. The van der Waals surface area contributed by atoms with Crippen molar-refractivity contribution >= 4 is 6.09 Å². The average molecular weight is 259 g/mol. The molecule has 5 heteroatoms. The average Bonchev–Trinajstić information content (AvgIpc) is 2.47. The summed E-state index contributed by atoms with van der Waals surface area (Å²) in [6.07, 6.45) is 12.9. The zero-order chi connectivity index (χ0) is 13.5. The number of rotatable bonds is 3. The summed E-state index contributed by atoms with van der Waals surface area (Å²) in [6.45, 7) is 2.33. The number of carbonyl (C=O) groups excluding carboxylic acids is 1. The summed E-state index contributed by atoms with van der Waals surface area (Å²) < 4.78 is 6.69. The second-order valence-electron chi connectivity index (χ2n) is 4.17. The maximum atomic E-state index is 11.3. The van der Waals surface area contributed by atoms with E-state index in [2.05, 4.69) is 34.4 Å². The Morgan fingerprint density at radius 3 is 2.95 bits per heavy atom. The van der Waals surface area contributed by atoms with E-state index >= 15 is 0 Å². The van der Waals surface area contributed by atoms with Crippen molar-refractivity contribution in [3.8, 4) is 0 Å². The van der Waals surface area contributed by atoms with Gasteiger partial charge in [0.25, 0.3) is 0 Å². The molecule has 0 aliphatic heterocycles. The Bertz CT molecular complexity index is 526. The molecule has 0 radical (unpaired) electrons. The van der Waals surface area contributed by atoms with E-state index in [0.717, 1.165) is 12.8 Å². The van der Waals surface area contributed by atoms with Gasteiger partial charge in [-0.1, -0.05) is 31.2 Å². The van der Waals surface area contributed by atoms with E-state index in [1.807, 2.05) is 11.6 Å². The van der Waals surface area contributed by atoms with Crippen LogP contribution in [0.2, 0.25) is 0 Å². The van der Waals surface area contributed by atoms with Crippen LogP contribution in [0.3, 0.4) is 0 Å². The maximum absolute atomic E-state index is 11.3. The summed E-state index contributed by atoms with van der Waals surface area (Å²) in [7, 11) is 0. The van der Waals surface area contributed by atoms with Gasteiger partial charge in [0.15, 0.2) is 0 Å². The number of nitrogens with zero attached hydrogens (tertiary/aromatic N) is 3. The molecule has 1 aliphatic carbocycles. The standard InChI is InChI=1S/C14H17N3O2/c1-2-10-19-14(18)16-12-8-9-17(15-11-12)13-6-4-3-5-7-13/h4-9,11,13H,2-3,10H2,1H3. The number of allylic oxidation sites excluding steroid dienone is 4. The lowest BCUT2D eigenvalue weighted by atomic mass is 10.1. The fraction of sp³-hybridized carbons (Fsp3) is 0.357. The Kier molecular flexibility index (Phi) is 4.66. The smallest absolute Gasteiger partial charge is 0.434 e. The third-order valence-electron chi connectivity index (χ3n) is 2.62. The van der Waals surface area contributed by atoms with Crippen molar-refractivity contribution in [2.24, 2.45) is 4.99 Å². The molecule has 0 atom stereocenters. The fourth-order valence-corrected chi connectivity index (χ4v) is 1.68. The van der Waals surface area contributed by atoms with Crippen LogP contribution in [0.4, 0.5) is 4.79 Å². The van der Waals surface area contributed by atoms with Gasteiger partial charge < -0.3 is 4.74 Å². The van der Waals surface area contributed by atoms with Crippen molar-refractivity contribution in [1.82, 2.24) is 9.78 Å². The number of aromatic nitrogens is 2. The first-order valence-electron chi connectivity index (χ1n) is 6.39. The number of carbonyl (C=O) groups is 1. The van der Waals surface area contributed by atoms with Crippen LogP contribution in [0, 0.1) is 0 Å². The molecule has 5 nitrogen and oxygen atoms in total. The molecule has 1 aliphatic rings. The Labute approximate surface area is 111 Å². The first-order chi connectivity index (χ1) is 9.29. The van der Waals surface area contributed by atoms with Crippen molar-refractivity contribution in [2.45, 2.75) is 25.8 Å². The van der Waals surface area contributed by atoms with Gasteiger partial charge in [0.1, 0.15) is 0 Å². The summed E-state index contributed by atoms with van der Waals surface area (Å²) in [6, 6.07) is 1.88. The summed E-state index contributed by atoms with van der Waals surface area (Å²) in [5.41, 5.74) is 0. The van der Waals surface area contributed by atoms with E-state index in [4.69, 9.17) is 4.74 Å². The van der Waals surface area contributed by atoms with Crippen molar-refractivity contribution in [3.05, 3.63) is 48.1 Å². The normalized spacial score (nSPS) is 15.7. The minimum Gasteiger partial charge on any atom is -0.448 e. The SMILES string of the molecule is CCCOC(=O)N=c1ccn(C2C=CCC=C2)nc1. The van der Waals surface area contributed by atoms with Crippen LogP contribution in [-0.4, -0.2) is 22.5 Å². The Morgan fingerprint density at radius 2 is 2.32 bits per heavy atom. The van der Waals surface area contributed by atoms with E-state index in [0.29, 0.717) is 12.0 Å². The highest BCUT2D eigenvalue weighted by Gasteiger charge is 2.04. The zero-order valence-corrected chi connectivity index (χ0v) is 10.9. The number of hydrogen-bond acceptors (Lipinski definition) is 3. The molecule has 0 spiro atoms. The van der Waals surface area contributed by atoms with Crippen molar-refractivity contribution < 1.29 is 9.53 Å². The van der Waals surface area contributed by atoms with Gasteiger partial charge >= 0.3 is 6.09 Å². The molecule has 100 valence electrons. The van der Waals surface area contributed by atoms with Crippen LogP contribution >= 0.6 is 0 Å². The van der Waals surface area contributed by atoms with Crippen LogP contribution in [0.1, 0.15) is 25.8 Å². The van der Waals surface area contributed by atoms with Crippen LogP contribution in [0.5, 0.6) is 0 Å². The Balaban J connectivity index is 2.07. The van der Waals surface area contributed by atoms with E-state index in [-0.39, 0.29) is 6.04 Å². The van der Waals surface area contributed by atoms with Gasteiger partial charge in [-0.05, 0) is 18.9 Å². The van der Waals surface area contributed by atoms with Crippen LogP contribution < -0.4 is 5.36 Å². The first-order valence-corrected chi connectivity index (χ1v) is 6.39. The predicted molar refractivity (Wildman–Crippen MR) is 71.4 cm³/mol. The molecular weight excluding hydrogens is 242 g/mol. The van der Waals surface area contributed by atoms with Gasteiger partial charge in [0.2, 0.25) is 0 Å². The second-order valence-corrected chi connectivity index (χ2v) is 4.17. The van der Waals surface area contributed by atoms with Crippen molar-refractivity contribution in [3.63, 3.8) is 0 Å². The fourth-order valence-electron chi connectivity index (χ4n) is 1.68.